The van der Waals surface area contributed by atoms with Crippen LogP contribution in [0, 0.1) is 5.82 Å². The number of nitrogens with zero attached hydrogens (tertiary/aromatic N) is 5. The maximum atomic E-state index is 13.4. The fraction of sp³-hybridized carbons (Fsp3) is 0.263. The molecular formula is C19H18FN5O2. The molecular weight excluding hydrogens is 349 g/mol. The number of carbonyl (C=O) groups excluding carboxylic acids is 1. The Morgan fingerprint density at radius 3 is 2.78 bits per heavy atom. The molecule has 3 heterocycles. The van der Waals surface area contributed by atoms with Gasteiger partial charge in [-0.1, -0.05) is 17.3 Å². The lowest BCUT2D eigenvalue weighted by atomic mass is 10.1. The molecule has 2 aromatic heterocycles. The predicted molar refractivity (Wildman–Crippen MR) is 95.5 cm³/mol. The van der Waals surface area contributed by atoms with Crippen molar-refractivity contribution in [2.24, 2.45) is 0 Å². The molecule has 138 valence electrons. The summed E-state index contributed by atoms with van der Waals surface area (Å²) < 4.78 is 20.5. The van der Waals surface area contributed by atoms with Gasteiger partial charge in [-0.25, -0.2) is 13.9 Å². The van der Waals surface area contributed by atoms with Crippen LogP contribution < -0.4 is 4.74 Å². The SMILES string of the molecule is O=C(Oc1cccnc1)N1CCC(n2cc(-c3cccc(F)c3)nn2)CC1. The molecule has 3 aromatic rings. The molecule has 1 aromatic carbocycles. The molecule has 0 unspecified atom stereocenters. The lowest BCUT2D eigenvalue weighted by molar-refractivity contribution is 0.129. The van der Waals surface area contributed by atoms with Crippen LogP contribution >= 0.6 is 0 Å². The van der Waals surface area contributed by atoms with Crippen LogP contribution in [0.4, 0.5) is 9.18 Å². The summed E-state index contributed by atoms with van der Waals surface area (Å²) in [6.45, 7) is 1.14. The Bertz CT molecular complexity index is 923. The number of carbonyl (C=O) groups is 1. The van der Waals surface area contributed by atoms with Crippen molar-refractivity contribution >= 4 is 6.09 Å². The first kappa shape index (κ1) is 17.1. The van der Waals surface area contributed by atoms with Gasteiger partial charge in [0.2, 0.25) is 0 Å². The van der Waals surface area contributed by atoms with E-state index >= 15 is 0 Å². The van der Waals surface area contributed by atoms with E-state index < -0.39 is 0 Å². The molecule has 1 aliphatic rings. The minimum absolute atomic E-state index is 0.141. The van der Waals surface area contributed by atoms with Crippen LogP contribution in [0.2, 0.25) is 0 Å². The second-order valence-electron chi connectivity index (χ2n) is 6.37. The lowest BCUT2D eigenvalue weighted by Crippen LogP contribution is -2.40. The predicted octanol–water partition coefficient (Wildman–Crippen LogP) is 3.32. The maximum Gasteiger partial charge on any atom is 0.415 e. The van der Waals surface area contributed by atoms with Crippen LogP contribution in [-0.4, -0.2) is 44.1 Å². The quantitative estimate of drug-likeness (QED) is 0.710. The van der Waals surface area contributed by atoms with Crippen molar-refractivity contribution in [1.29, 1.82) is 0 Å². The number of amides is 1. The highest BCUT2D eigenvalue weighted by Gasteiger charge is 2.26. The standard InChI is InChI=1S/C19H18FN5O2/c20-15-4-1-3-14(11-15)18-13-25(23-22-18)16-6-9-24(10-7-16)19(26)27-17-5-2-8-21-12-17/h1-5,8,11-13,16H,6-7,9-10H2. The number of aromatic nitrogens is 4. The number of ether oxygens (including phenoxy) is 1. The van der Waals surface area contributed by atoms with Crippen molar-refractivity contribution in [1.82, 2.24) is 24.9 Å². The molecule has 7 nitrogen and oxygen atoms in total. The van der Waals surface area contributed by atoms with Gasteiger partial charge in [0.05, 0.1) is 18.4 Å². The second kappa shape index (κ2) is 7.53. The number of hydrogen-bond acceptors (Lipinski definition) is 5. The average Bonchev–Trinajstić information content (AvgIpc) is 3.19. The molecule has 1 fully saturated rings. The van der Waals surface area contributed by atoms with Crippen molar-refractivity contribution in [3.63, 3.8) is 0 Å². The minimum atomic E-state index is -0.375. The number of piperidine rings is 1. The third-order valence-electron chi connectivity index (χ3n) is 4.57. The molecule has 27 heavy (non-hydrogen) atoms. The summed E-state index contributed by atoms with van der Waals surface area (Å²) in [5, 5.41) is 8.33. The molecule has 1 aliphatic heterocycles. The Morgan fingerprint density at radius 2 is 2.04 bits per heavy atom. The highest BCUT2D eigenvalue weighted by molar-refractivity contribution is 5.70. The van der Waals surface area contributed by atoms with Gasteiger partial charge in [-0.15, -0.1) is 5.10 Å². The van der Waals surface area contributed by atoms with Crippen molar-refractivity contribution in [2.45, 2.75) is 18.9 Å². The lowest BCUT2D eigenvalue weighted by Gasteiger charge is -2.30. The summed E-state index contributed by atoms with van der Waals surface area (Å²) >= 11 is 0. The summed E-state index contributed by atoms with van der Waals surface area (Å²) in [7, 11) is 0. The van der Waals surface area contributed by atoms with E-state index in [1.165, 1.54) is 18.3 Å². The fourth-order valence-electron chi connectivity index (χ4n) is 3.12. The fourth-order valence-corrected chi connectivity index (χ4v) is 3.12. The van der Waals surface area contributed by atoms with Crippen LogP contribution in [0.3, 0.4) is 0 Å². The Hall–Kier alpha value is -3.29. The first-order valence-electron chi connectivity index (χ1n) is 8.73. The first-order valence-corrected chi connectivity index (χ1v) is 8.73. The van der Waals surface area contributed by atoms with E-state index in [0.717, 1.165) is 12.8 Å². The molecule has 0 saturated carbocycles. The molecule has 0 radical (unpaired) electrons. The van der Waals surface area contributed by atoms with Crippen LogP contribution in [-0.2, 0) is 0 Å². The van der Waals surface area contributed by atoms with Crippen molar-refractivity contribution in [3.8, 4) is 17.0 Å². The van der Waals surface area contributed by atoms with Gasteiger partial charge in [-0.3, -0.25) is 4.98 Å². The Labute approximate surface area is 155 Å². The Morgan fingerprint density at radius 1 is 1.19 bits per heavy atom. The summed E-state index contributed by atoms with van der Waals surface area (Å²) in [5.74, 6) is 0.128. The topological polar surface area (TPSA) is 73.1 Å². The molecule has 0 bridgehead atoms. The van der Waals surface area contributed by atoms with Crippen LogP contribution in [0.1, 0.15) is 18.9 Å². The number of benzene rings is 1. The van der Waals surface area contributed by atoms with Gasteiger partial charge >= 0.3 is 6.09 Å². The van der Waals surface area contributed by atoms with E-state index in [9.17, 15) is 9.18 Å². The minimum Gasteiger partial charge on any atom is -0.409 e. The van der Waals surface area contributed by atoms with Crippen LogP contribution in [0.15, 0.2) is 55.0 Å². The van der Waals surface area contributed by atoms with E-state index in [1.807, 2.05) is 6.20 Å². The molecule has 1 saturated heterocycles. The Balaban J connectivity index is 1.36. The normalized spacial score (nSPS) is 14.9. The smallest absolute Gasteiger partial charge is 0.409 e. The number of halogens is 1. The van der Waals surface area contributed by atoms with Gasteiger partial charge < -0.3 is 9.64 Å². The number of likely N-dealkylation sites (tertiary alicyclic amines) is 1. The zero-order chi connectivity index (χ0) is 18.6. The summed E-state index contributed by atoms with van der Waals surface area (Å²) in [5.41, 5.74) is 1.33. The van der Waals surface area contributed by atoms with Crippen molar-refractivity contribution in [3.05, 3.63) is 60.8 Å². The van der Waals surface area contributed by atoms with E-state index in [1.54, 1.807) is 40.0 Å². The second-order valence-corrected chi connectivity index (χ2v) is 6.37. The summed E-state index contributed by atoms with van der Waals surface area (Å²) in [4.78, 5) is 17.8. The zero-order valence-corrected chi connectivity index (χ0v) is 14.5. The van der Waals surface area contributed by atoms with Crippen molar-refractivity contribution in [2.75, 3.05) is 13.1 Å². The van der Waals surface area contributed by atoms with Gasteiger partial charge in [0.1, 0.15) is 11.5 Å². The van der Waals surface area contributed by atoms with E-state index in [4.69, 9.17) is 4.74 Å². The third kappa shape index (κ3) is 3.94. The molecule has 0 atom stereocenters. The molecule has 1 amide bonds. The van der Waals surface area contributed by atoms with Gasteiger partial charge in [0.15, 0.2) is 5.75 Å². The molecule has 8 heteroatoms. The maximum absolute atomic E-state index is 13.4. The van der Waals surface area contributed by atoms with Crippen molar-refractivity contribution < 1.29 is 13.9 Å². The molecule has 0 aliphatic carbocycles. The monoisotopic (exact) mass is 367 g/mol. The molecule has 0 N–H and O–H groups in total. The summed E-state index contributed by atoms with van der Waals surface area (Å²) in [6, 6.07) is 9.84. The van der Waals surface area contributed by atoms with E-state index in [-0.39, 0.29) is 18.0 Å². The first-order chi connectivity index (χ1) is 13.2. The highest BCUT2D eigenvalue weighted by Crippen LogP contribution is 2.25. The van der Waals surface area contributed by atoms with Gasteiger partial charge in [0.25, 0.3) is 0 Å². The summed E-state index contributed by atoms with van der Waals surface area (Å²) in [6.07, 6.45) is 6.07. The largest absolute Gasteiger partial charge is 0.415 e. The van der Waals surface area contributed by atoms with Gasteiger partial charge in [0, 0.05) is 24.8 Å². The van der Waals surface area contributed by atoms with Crippen LogP contribution in [0.5, 0.6) is 5.75 Å². The number of pyridine rings is 1. The molecule has 4 rings (SSSR count). The zero-order valence-electron chi connectivity index (χ0n) is 14.5. The molecule has 0 spiro atoms. The third-order valence-corrected chi connectivity index (χ3v) is 4.57. The number of hydrogen-bond donors (Lipinski definition) is 0. The van der Waals surface area contributed by atoms with Gasteiger partial charge in [-0.05, 0) is 37.1 Å². The average molecular weight is 367 g/mol. The van der Waals surface area contributed by atoms with E-state index in [2.05, 4.69) is 15.3 Å². The highest BCUT2D eigenvalue weighted by atomic mass is 19.1. The Kier molecular flexibility index (Phi) is 4.78. The van der Waals surface area contributed by atoms with Crippen LogP contribution in [0.25, 0.3) is 11.3 Å². The van der Waals surface area contributed by atoms with Gasteiger partial charge in [-0.2, -0.15) is 0 Å². The number of rotatable bonds is 3. The van der Waals surface area contributed by atoms with E-state index in [0.29, 0.717) is 30.1 Å².